The van der Waals surface area contributed by atoms with Crippen LogP contribution in [0.25, 0.3) is 16.6 Å². The van der Waals surface area contributed by atoms with Gasteiger partial charge in [0.25, 0.3) is 5.56 Å². The molecule has 1 aliphatic rings. The standard InChI is InChI=1S/C23H21FN4O2/c1-27-21-6-8-25-13-20(21)19-5-4-17(10-22(19)27)28-9-7-18(11-23(28)29)30-14-16-3-2-15(24)12-26-16/h2-5,7,9-12,25H,6,8,13-14H2,1H3/i6D2. The van der Waals surface area contributed by atoms with Gasteiger partial charge < -0.3 is 14.6 Å². The molecule has 0 atom stereocenters. The Balaban J connectivity index is 1.45. The number of halogens is 1. The molecule has 0 saturated carbocycles. The summed E-state index contributed by atoms with van der Waals surface area (Å²) in [6.45, 7) is 1.01. The van der Waals surface area contributed by atoms with Crippen LogP contribution in [-0.2, 0) is 26.6 Å². The molecular formula is C23H21FN4O2. The van der Waals surface area contributed by atoms with Gasteiger partial charge in [-0.2, -0.15) is 0 Å². The molecule has 1 aromatic carbocycles. The molecule has 7 heteroatoms. The minimum absolute atomic E-state index is 0.126. The third kappa shape index (κ3) is 3.27. The number of rotatable bonds is 4. The number of nitrogens with zero attached hydrogens (tertiary/aromatic N) is 3. The van der Waals surface area contributed by atoms with Crippen molar-refractivity contribution in [1.29, 1.82) is 0 Å². The van der Waals surface area contributed by atoms with Gasteiger partial charge in [-0.15, -0.1) is 0 Å². The number of aryl methyl sites for hydroxylation is 1. The lowest BCUT2D eigenvalue weighted by Gasteiger charge is -2.14. The molecule has 0 saturated heterocycles. The van der Waals surface area contributed by atoms with Crippen molar-refractivity contribution >= 4 is 10.9 Å². The zero-order valence-electron chi connectivity index (χ0n) is 18.4. The summed E-state index contributed by atoms with van der Waals surface area (Å²) in [6, 6.07) is 11.6. The van der Waals surface area contributed by atoms with Gasteiger partial charge in [0.1, 0.15) is 18.2 Å². The van der Waals surface area contributed by atoms with Crippen molar-refractivity contribution in [3.8, 4) is 11.4 Å². The first kappa shape index (κ1) is 16.4. The van der Waals surface area contributed by atoms with Crippen LogP contribution in [0.15, 0.2) is 59.7 Å². The first-order chi connectivity index (χ1) is 15.3. The number of aromatic nitrogens is 3. The average Bonchev–Trinajstić information content (AvgIpc) is 3.06. The fourth-order valence-electron chi connectivity index (χ4n) is 3.80. The van der Waals surface area contributed by atoms with Gasteiger partial charge >= 0.3 is 0 Å². The number of nitrogens with one attached hydrogen (secondary N) is 1. The van der Waals surface area contributed by atoms with Crippen molar-refractivity contribution < 1.29 is 11.9 Å². The largest absolute Gasteiger partial charge is 0.487 e. The van der Waals surface area contributed by atoms with E-state index in [1.165, 1.54) is 22.8 Å². The van der Waals surface area contributed by atoms with E-state index in [2.05, 4.69) is 10.3 Å². The second-order valence-corrected chi connectivity index (χ2v) is 7.20. The van der Waals surface area contributed by atoms with Gasteiger partial charge in [-0.25, -0.2) is 4.39 Å². The number of benzene rings is 1. The van der Waals surface area contributed by atoms with Gasteiger partial charge in [0.15, 0.2) is 0 Å². The summed E-state index contributed by atoms with van der Waals surface area (Å²) >= 11 is 0. The molecule has 4 heterocycles. The second-order valence-electron chi connectivity index (χ2n) is 7.20. The number of hydrogen-bond acceptors (Lipinski definition) is 4. The van der Waals surface area contributed by atoms with E-state index in [0.717, 1.165) is 22.7 Å². The molecule has 5 rings (SSSR count). The molecule has 0 aliphatic carbocycles. The molecule has 0 amide bonds. The fourth-order valence-corrected chi connectivity index (χ4v) is 3.80. The quantitative estimate of drug-likeness (QED) is 0.566. The molecule has 0 unspecified atom stereocenters. The Morgan fingerprint density at radius 3 is 2.97 bits per heavy atom. The Bertz CT molecular complexity index is 1380. The Morgan fingerprint density at radius 2 is 2.17 bits per heavy atom. The summed E-state index contributed by atoms with van der Waals surface area (Å²) in [5.74, 6) is -0.0214. The molecule has 0 bridgehead atoms. The lowest BCUT2D eigenvalue weighted by molar-refractivity contribution is 0.300. The maximum absolute atomic E-state index is 13.0. The molecule has 6 nitrogen and oxygen atoms in total. The lowest BCUT2D eigenvalue weighted by Crippen LogP contribution is -2.24. The SMILES string of the molecule is [2H]C1([2H])CNCc2c1n(C)c1cc(-n3ccc(OCc4ccc(F)cn4)cc3=O)ccc21. The highest BCUT2D eigenvalue weighted by molar-refractivity contribution is 5.87. The van der Waals surface area contributed by atoms with Crippen molar-refractivity contribution in [2.75, 3.05) is 6.54 Å². The lowest BCUT2D eigenvalue weighted by atomic mass is 10.1. The second kappa shape index (κ2) is 7.42. The molecule has 3 aromatic heterocycles. The smallest absolute Gasteiger partial charge is 0.258 e. The van der Waals surface area contributed by atoms with Gasteiger partial charge in [0, 0.05) is 52.6 Å². The van der Waals surface area contributed by atoms with Crippen LogP contribution in [0.5, 0.6) is 5.75 Å². The predicted octanol–water partition coefficient (Wildman–Crippen LogP) is 3.09. The molecule has 0 radical (unpaired) electrons. The van der Waals surface area contributed by atoms with E-state index in [9.17, 15) is 9.18 Å². The Kier molecular flexibility index (Phi) is 4.05. The van der Waals surface area contributed by atoms with Gasteiger partial charge in [-0.3, -0.25) is 14.3 Å². The molecule has 30 heavy (non-hydrogen) atoms. The first-order valence-corrected chi connectivity index (χ1v) is 9.62. The maximum Gasteiger partial charge on any atom is 0.258 e. The van der Waals surface area contributed by atoms with Crippen molar-refractivity contribution in [2.45, 2.75) is 19.5 Å². The third-order valence-corrected chi connectivity index (χ3v) is 5.32. The van der Waals surface area contributed by atoms with Crippen LogP contribution in [0, 0.1) is 5.82 Å². The molecule has 152 valence electrons. The van der Waals surface area contributed by atoms with E-state index >= 15 is 0 Å². The topological polar surface area (TPSA) is 61.1 Å². The van der Waals surface area contributed by atoms with Crippen LogP contribution in [0.3, 0.4) is 0 Å². The van der Waals surface area contributed by atoms with E-state index in [0.29, 0.717) is 29.4 Å². The Hall–Kier alpha value is -3.45. The van der Waals surface area contributed by atoms with E-state index in [-0.39, 0.29) is 18.7 Å². The number of fused-ring (bicyclic) bond motifs is 3. The summed E-state index contributed by atoms with van der Waals surface area (Å²) < 4.78 is 38.7. The highest BCUT2D eigenvalue weighted by Gasteiger charge is 2.18. The molecule has 4 aromatic rings. The third-order valence-electron chi connectivity index (χ3n) is 5.32. The van der Waals surface area contributed by atoms with Crippen molar-refractivity contribution in [1.82, 2.24) is 19.4 Å². The van der Waals surface area contributed by atoms with Crippen molar-refractivity contribution in [2.24, 2.45) is 7.05 Å². The van der Waals surface area contributed by atoms with Crippen LogP contribution >= 0.6 is 0 Å². The molecule has 0 spiro atoms. The number of pyridine rings is 2. The van der Waals surface area contributed by atoms with Crippen LogP contribution in [0.2, 0.25) is 0 Å². The highest BCUT2D eigenvalue weighted by atomic mass is 19.1. The predicted molar refractivity (Wildman–Crippen MR) is 112 cm³/mol. The summed E-state index contributed by atoms with van der Waals surface area (Å²) in [5.41, 5.74) is 3.48. The van der Waals surface area contributed by atoms with E-state index in [1.807, 2.05) is 29.8 Å². The summed E-state index contributed by atoms with van der Waals surface area (Å²) in [5, 5.41) is 4.12. The summed E-state index contributed by atoms with van der Waals surface area (Å²) in [4.78, 5) is 16.7. The zero-order chi connectivity index (χ0) is 22.5. The van der Waals surface area contributed by atoms with Crippen LogP contribution in [0.1, 0.15) is 19.7 Å². The molecular weight excluding hydrogens is 383 g/mol. The normalized spacial score (nSPS) is 16.1. The van der Waals surface area contributed by atoms with Gasteiger partial charge in [0.05, 0.1) is 23.1 Å². The van der Waals surface area contributed by atoms with Crippen molar-refractivity contribution in [3.05, 3.63) is 88.0 Å². The minimum atomic E-state index is -1.46. The zero-order valence-corrected chi connectivity index (χ0v) is 16.4. The van der Waals surface area contributed by atoms with E-state index < -0.39 is 12.2 Å². The first-order valence-electron chi connectivity index (χ1n) is 10.6. The summed E-state index contributed by atoms with van der Waals surface area (Å²) in [7, 11) is 1.86. The van der Waals surface area contributed by atoms with E-state index in [4.69, 9.17) is 7.48 Å². The molecule has 1 N–H and O–H groups in total. The van der Waals surface area contributed by atoms with Crippen LogP contribution in [0.4, 0.5) is 4.39 Å². The minimum Gasteiger partial charge on any atom is -0.487 e. The Morgan fingerprint density at radius 1 is 1.27 bits per heavy atom. The van der Waals surface area contributed by atoms with Crippen molar-refractivity contribution in [3.63, 3.8) is 0 Å². The number of hydrogen-bond donors (Lipinski definition) is 1. The molecule has 0 fully saturated rings. The number of ether oxygens (including phenoxy) is 1. The highest BCUT2D eigenvalue weighted by Crippen LogP contribution is 2.29. The van der Waals surface area contributed by atoms with Gasteiger partial charge in [-0.1, -0.05) is 6.07 Å². The summed E-state index contributed by atoms with van der Waals surface area (Å²) in [6.07, 6.45) is 1.30. The van der Waals surface area contributed by atoms with Gasteiger partial charge in [-0.05, 0) is 35.9 Å². The van der Waals surface area contributed by atoms with Crippen LogP contribution < -0.4 is 15.6 Å². The fraction of sp³-hybridized carbons (Fsp3) is 0.217. The molecule has 1 aliphatic heterocycles. The van der Waals surface area contributed by atoms with E-state index in [1.54, 1.807) is 12.3 Å². The van der Waals surface area contributed by atoms with Gasteiger partial charge in [0.2, 0.25) is 0 Å². The Labute approximate surface area is 175 Å². The maximum atomic E-state index is 13.0. The monoisotopic (exact) mass is 406 g/mol. The average molecular weight is 406 g/mol. The van der Waals surface area contributed by atoms with Crippen LogP contribution in [-0.4, -0.2) is 20.7 Å².